The highest BCUT2D eigenvalue weighted by Crippen LogP contribution is 2.20. The lowest BCUT2D eigenvalue weighted by Crippen LogP contribution is -2.07. The maximum Gasteiger partial charge on any atom is 0.110 e. The summed E-state index contributed by atoms with van der Waals surface area (Å²) in [4.78, 5) is 4.91. The molecule has 0 aliphatic heterocycles. The van der Waals surface area contributed by atoms with Crippen molar-refractivity contribution in [2.24, 2.45) is 5.92 Å². The van der Waals surface area contributed by atoms with Crippen LogP contribution in [-0.2, 0) is 13.0 Å². The van der Waals surface area contributed by atoms with Crippen molar-refractivity contribution in [3.05, 3.63) is 30.1 Å². The second-order valence-electron chi connectivity index (χ2n) is 10.1. The Morgan fingerprint density at radius 3 is 1.68 bits per heavy atom. The number of hydrogen-bond donors (Lipinski definition) is 0. The number of fused-ring (bicyclic) bond motifs is 1. The Bertz CT molecular complexity index is 685. The van der Waals surface area contributed by atoms with E-state index in [9.17, 15) is 0 Å². The number of imidazole rings is 1. The predicted octanol–water partition coefficient (Wildman–Crippen LogP) is 9.50. The summed E-state index contributed by atoms with van der Waals surface area (Å²) in [7, 11) is 0. The molecule has 176 valence electrons. The molecule has 1 heterocycles. The van der Waals surface area contributed by atoms with E-state index >= 15 is 0 Å². The molecule has 0 bridgehead atoms. The van der Waals surface area contributed by atoms with Gasteiger partial charge in [-0.15, -0.1) is 0 Å². The van der Waals surface area contributed by atoms with Crippen LogP contribution in [0.1, 0.15) is 129 Å². The summed E-state index contributed by atoms with van der Waals surface area (Å²) >= 11 is 0. The zero-order chi connectivity index (χ0) is 22.2. The Balaban J connectivity index is 1.48. The molecule has 0 atom stereocenters. The highest BCUT2D eigenvalue weighted by Gasteiger charge is 2.11. The van der Waals surface area contributed by atoms with E-state index in [-0.39, 0.29) is 0 Å². The van der Waals surface area contributed by atoms with Crippen LogP contribution in [0.2, 0.25) is 0 Å². The van der Waals surface area contributed by atoms with Crippen molar-refractivity contribution in [3.8, 4) is 0 Å². The monoisotopic (exact) mass is 426 g/mol. The molecule has 2 heteroatoms. The molecular formula is C29H50N2. The zero-order valence-corrected chi connectivity index (χ0v) is 21.0. The van der Waals surface area contributed by atoms with Crippen LogP contribution in [0.5, 0.6) is 0 Å². The smallest absolute Gasteiger partial charge is 0.110 e. The molecule has 0 N–H and O–H groups in total. The molecule has 2 aromatic rings. The van der Waals surface area contributed by atoms with Gasteiger partial charge in [-0.1, -0.05) is 129 Å². The molecule has 0 saturated heterocycles. The minimum Gasteiger partial charge on any atom is -0.328 e. The second-order valence-corrected chi connectivity index (χ2v) is 10.1. The number of hydrogen-bond acceptors (Lipinski definition) is 1. The summed E-state index contributed by atoms with van der Waals surface area (Å²) in [5.74, 6) is 1.93. The van der Waals surface area contributed by atoms with E-state index in [1.54, 1.807) is 0 Å². The van der Waals surface area contributed by atoms with Gasteiger partial charge in [0.1, 0.15) is 5.82 Å². The first-order valence-electron chi connectivity index (χ1n) is 13.7. The number of unbranched alkanes of at least 4 members (excludes halogenated alkanes) is 15. The van der Waals surface area contributed by atoms with Gasteiger partial charge in [0, 0.05) is 13.0 Å². The van der Waals surface area contributed by atoms with E-state index in [1.165, 1.54) is 114 Å². The van der Waals surface area contributed by atoms with Crippen molar-refractivity contribution in [2.75, 3.05) is 0 Å². The Labute approximate surface area is 193 Å². The van der Waals surface area contributed by atoms with Gasteiger partial charge >= 0.3 is 0 Å². The Morgan fingerprint density at radius 1 is 0.677 bits per heavy atom. The molecule has 0 spiro atoms. The highest BCUT2D eigenvalue weighted by atomic mass is 15.1. The van der Waals surface area contributed by atoms with Crippen LogP contribution >= 0.6 is 0 Å². The first-order chi connectivity index (χ1) is 15.2. The van der Waals surface area contributed by atoms with E-state index < -0.39 is 0 Å². The third-order valence-electron chi connectivity index (χ3n) is 6.56. The molecule has 0 unspecified atom stereocenters. The van der Waals surface area contributed by atoms with Crippen LogP contribution in [0.3, 0.4) is 0 Å². The summed E-state index contributed by atoms with van der Waals surface area (Å²) in [6.45, 7) is 8.00. The predicted molar refractivity (Wildman–Crippen MR) is 138 cm³/mol. The Hall–Kier alpha value is -1.31. The fourth-order valence-electron chi connectivity index (χ4n) is 4.71. The van der Waals surface area contributed by atoms with Crippen LogP contribution in [0.25, 0.3) is 11.0 Å². The molecule has 0 radical (unpaired) electrons. The Kier molecular flexibility index (Phi) is 13.7. The van der Waals surface area contributed by atoms with Crippen LogP contribution < -0.4 is 0 Å². The van der Waals surface area contributed by atoms with Gasteiger partial charge in [-0.2, -0.15) is 0 Å². The molecule has 31 heavy (non-hydrogen) atoms. The van der Waals surface area contributed by atoms with E-state index in [0.717, 1.165) is 18.5 Å². The zero-order valence-electron chi connectivity index (χ0n) is 21.0. The number of rotatable bonds is 19. The van der Waals surface area contributed by atoms with Crippen LogP contribution in [-0.4, -0.2) is 9.55 Å². The van der Waals surface area contributed by atoms with Crippen LogP contribution in [0.15, 0.2) is 24.3 Å². The number of para-hydroxylation sites is 2. The van der Waals surface area contributed by atoms with Crippen molar-refractivity contribution in [1.82, 2.24) is 9.55 Å². The topological polar surface area (TPSA) is 17.8 Å². The molecule has 2 rings (SSSR count). The lowest BCUT2D eigenvalue weighted by Gasteiger charge is -2.11. The van der Waals surface area contributed by atoms with Gasteiger partial charge in [-0.25, -0.2) is 4.98 Å². The van der Waals surface area contributed by atoms with E-state index in [2.05, 4.69) is 49.6 Å². The van der Waals surface area contributed by atoms with Crippen molar-refractivity contribution in [2.45, 2.75) is 136 Å². The van der Waals surface area contributed by atoms with Crippen molar-refractivity contribution >= 4 is 11.0 Å². The van der Waals surface area contributed by atoms with Gasteiger partial charge < -0.3 is 4.57 Å². The molecule has 1 aromatic heterocycles. The lowest BCUT2D eigenvalue weighted by molar-refractivity contribution is 0.514. The van der Waals surface area contributed by atoms with Gasteiger partial charge in [-0.05, 0) is 24.5 Å². The molecule has 0 fully saturated rings. The first kappa shape index (κ1) is 25.9. The molecule has 0 aliphatic rings. The van der Waals surface area contributed by atoms with Crippen molar-refractivity contribution < 1.29 is 0 Å². The average Bonchev–Trinajstić information content (AvgIpc) is 3.09. The second kappa shape index (κ2) is 16.3. The number of nitrogens with zero attached hydrogens (tertiary/aromatic N) is 2. The molecule has 0 saturated carbocycles. The normalized spacial score (nSPS) is 11.7. The maximum absolute atomic E-state index is 4.91. The maximum atomic E-state index is 4.91. The fraction of sp³-hybridized carbons (Fsp3) is 0.759. The Morgan fingerprint density at radius 2 is 1.16 bits per heavy atom. The van der Waals surface area contributed by atoms with Crippen molar-refractivity contribution in [3.63, 3.8) is 0 Å². The minimum absolute atomic E-state index is 0.654. The van der Waals surface area contributed by atoms with E-state index in [0.29, 0.717) is 5.92 Å². The SMILES string of the molecule is CCCCCCCCCCCCCCCCCCn1c(CC(C)C)nc2ccccc21. The average molecular weight is 427 g/mol. The molecule has 2 nitrogen and oxygen atoms in total. The van der Waals surface area contributed by atoms with Crippen LogP contribution in [0, 0.1) is 5.92 Å². The molecule has 1 aromatic carbocycles. The summed E-state index contributed by atoms with van der Waals surface area (Å²) in [5.41, 5.74) is 2.48. The first-order valence-corrected chi connectivity index (χ1v) is 13.7. The standard InChI is InChI=1S/C29H50N2/c1-4-5-6-7-8-9-10-11-12-13-14-15-16-17-18-21-24-31-28-23-20-19-22-27(28)30-29(31)25-26(2)3/h19-20,22-23,26H,4-18,21,24-25H2,1-3H3. The number of aromatic nitrogens is 2. The highest BCUT2D eigenvalue weighted by molar-refractivity contribution is 5.75. The summed E-state index contributed by atoms with van der Waals surface area (Å²) in [5, 5.41) is 0. The molecular weight excluding hydrogens is 376 g/mol. The third-order valence-corrected chi connectivity index (χ3v) is 6.56. The largest absolute Gasteiger partial charge is 0.328 e. The molecule has 0 aliphatic carbocycles. The quantitative estimate of drug-likeness (QED) is 0.204. The van der Waals surface area contributed by atoms with Gasteiger partial charge in [0.05, 0.1) is 11.0 Å². The summed E-state index contributed by atoms with van der Waals surface area (Å²) in [6, 6.07) is 8.64. The molecule has 0 amide bonds. The number of benzene rings is 1. The fourth-order valence-corrected chi connectivity index (χ4v) is 4.71. The summed E-state index contributed by atoms with van der Waals surface area (Å²) < 4.78 is 2.49. The van der Waals surface area contributed by atoms with Gasteiger partial charge in [0.25, 0.3) is 0 Å². The van der Waals surface area contributed by atoms with Gasteiger partial charge in [0.2, 0.25) is 0 Å². The van der Waals surface area contributed by atoms with Crippen molar-refractivity contribution in [1.29, 1.82) is 0 Å². The lowest BCUT2D eigenvalue weighted by atomic mass is 10.0. The van der Waals surface area contributed by atoms with Gasteiger partial charge in [0.15, 0.2) is 0 Å². The van der Waals surface area contributed by atoms with E-state index in [1.807, 2.05) is 0 Å². The summed E-state index contributed by atoms with van der Waals surface area (Å²) in [6.07, 6.45) is 23.9. The number of aryl methyl sites for hydroxylation is 1. The van der Waals surface area contributed by atoms with Gasteiger partial charge in [-0.3, -0.25) is 0 Å². The third kappa shape index (κ3) is 10.7. The van der Waals surface area contributed by atoms with Crippen LogP contribution in [0.4, 0.5) is 0 Å². The van der Waals surface area contributed by atoms with E-state index in [4.69, 9.17) is 4.98 Å². The minimum atomic E-state index is 0.654.